The van der Waals surface area contributed by atoms with Gasteiger partial charge in [-0.25, -0.2) is 0 Å². The minimum Gasteiger partial charge on any atom is -0.465 e. The van der Waals surface area contributed by atoms with E-state index in [9.17, 15) is 0 Å². The van der Waals surface area contributed by atoms with Crippen molar-refractivity contribution in [3.8, 4) is 0 Å². The van der Waals surface area contributed by atoms with Crippen LogP contribution in [0.5, 0.6) is 0 Å². The summed E-state index contributed by atoms with van der Waals surface area (Å²) in [5.41, 5.74) is 7.41. The molecular formula is C16H21BrN2O. The first-order valence-electron chi connectivity index (χ1n) is 6.79. The Morgan fingerprint density at radius 3 is 2.75 bits per heavy atom. The molecule has 1 atom stereocenters. The van der Waals surface area contributed by atoms with Gasteiger partial charge in [-0.05, 0) is 50.2 Å². The molecule has 0 aliphatic rings. The third-order valence-electron chi connectivity index (χ3n) is 3.32. The standard InChI is InChI=1S/C16H21BrN2O/c1-12-6-7-15(20-12)11-19(2)9-8-16(18)13-4-3-5-14(17)10-13/h3-7,10,16H,8-9,11,18H2,1-2H3. The number of aryl methyl sites for hydroxylation is 1. The minimum absolute atomic E-state index is 0.0632. The number of rotatable bonds is 6. The van der Waals surface area contributed by atoms with Crippen LogP contribution in [0.1, 0.15) is 29.5 Å². The quantitative estimate of drug-likeness (QED) is 0.870. The maximum atomic E-state index is 6.24. The summed E-state index contributed by atoms with van der Waals surface area (Å²) in [5.74, 6) is 1.96. The van der Waals surface area contributed by atoms with Crippen molar-refractivity contribution in [2.75, 3.05) is 13.6 Å². The Morgan fingerprint density at radius 2 is 2.10 bits per heavy atom. The molecular weight excluding hydrogens is 316 g/mol. The van der Waals surface area contributed by atoms with Crippen LogP contribution in [0.3, 0.4) is 0 Å². The van der Waals surface area contributed by atoms with Gasteiger partial charge in [0.05, 0.1) is 6.54 Å². The molecule has 1 heterocycles. The van der Waals surface area contributed by atoms with Crippen molar-refractivity contribution >= 4 is 15.9 Å². The molecule has 0 saturated heterocycles. The van der Waals surface area contributed by atoms with E-state index < -0.39 is 0 Å². The summed E-state index contributed by atoms with van der Waals surface area (Å²) in [6.45, 7) is 3.72. The lowest BCUT2D eigenvalue weighted by molar-refractivity contribution is 0.281. The molecule has 2 aromatic rings. The number of nitrogens with zero attached hydrogens (tertiary/aromatic N) is 1. The second-order valence-corrected chi connectivity index (χ2v) is 6.12. The Balaban J connectivity index is 1.82. The molecule has 2 rings (SSSR count). The van der Waals surface area contributed by atoms with Gasteiger partial charge in [-0.15, -0.1) is 0 Å². The molecule has 1 aromatic carbocycles. The molecule has 0 amide bonds. The fraction of sp³-hybridized carbons (Fsp3) is 0.375. The molecule has 1 aromatic heterocycles. The third-order valence-corrected chi connectivity index (χ3v) is 3.81. The van der Waals surface area contributed by atoms with Crippen LogP contribution >= 0.6 is 15.9 Å². The van der Waals surface area contributed by atoms with Gasteiger partial charge in [0.1, 0.15) is 11.5 Å². The Morgan fingerprint density at radius 1 is 1.30 bits per heavy atom. The van der Waals surface area contributed by atoms with E-state index in [2.05, 4.69) is 40.0 Å². The van der Waals surface area contributed by atoms with E-state index in [1.165, 1.54) is 5.56 Å². The van der Waals surface area contributed by atoms with Crippen molar-refractivity contribution < 1.29 is 4.42 Å². The highest BCUT2D eigenvalue weighted by molar-refractivity contribution is 9.10. The highest BCUT2D eigenvalue weighted by Crippen LogP contribution is 2.19. The van der Waals surface area contributed by atoms with Crippen molar-refractivity contribution in [2.24, 2.45) is 5.73 Å². The van der Waals surface area contributed by atoms with E-state index in [4.69, 9.17) is 10.2 Å². The van der Waals surface area contributed by atoms with E-state index >= 15 is 0 Å². The van der Waals surface area contributed by atoms with Crippen molar-refractivity contribution in [3.63, 3.8) is 0 Å². The van der Waals surface area contributed by atoms with E-state index in [0.717, 1.165) is 35.5 Å². The monoisotopic (exact) mass is 336 g/mol. The number of benzene rings is 1. The van der Waals surface area contributed by atoms with Gasteiger partial charge in [-0.2, -0.15) is 0 Å². The zero-order chi connectivity index (χ0) is 14.5. The van der Waals surface area contributed by atoms with Gasteiger partial charge in [0.25, 0.3) is 0 Å². The molecule has 0 spiro atoms. The summed E-state index contributed by atoms with van der Waals surface area (Å²) >= 11 is 3.48. The second kappa shape index (κ2) is 7.07. The largest absolute Gasteiger partial charge is 0.465 e. The summed E-state index contributed by atoms with van der Waals surface area (Å²) in [6.07, 6.45) is 0.923. The Hall–Kier alpha value is -1.10. The molecule has 20 heavy (non-hydrogen) atoms. The SMILES string of the molecule is Cc1ccc(CN(C)CCC(N)c2cccc(Br)c2)o1. The lowest BCUT2D eigenvalue weighted by Crippen LogP contribution is -2.23. The van der Waals surface area contributed by atoms with E-state index in [1.54, 1.807) is 0 Å². The zero-order valence-electron chi connectivity index (χ0n) is 12.0. The highest BCUT2D eigenvalue weighted by Gasteiger charge is 2.09. The minimum atomic E-state index is 0.0632. The smallest absolute Gasteiger partial charge is 0.118 e. The zero-order valence-corrected chi connectivity index (χ0v) is 13.6. The second-order valence-electron chi connectivity index (χ2n) is 5.20. The highest BCUT2D eigenvalue weighted by atomic mass is 79.9. The molecule has 1 unspecified atom stereocenters. The van der Waals surface area contributed by atoms with E-state index in [-0.39, 0.29) is 6.04 Å². The molecule has 0 aliphatic carbocycles. The van der Waals surface area contributed by atoms with Crippen LogP contribution in [0.4, 0.5) is 0 Å². The maximum absolute atomic E-state index is 6.24. The molecule has 4 heteroatoms. The van der Waals surface area contributed by atoms with Gasteiger partial charge < -0.3 is 10.2 Å². The summed E-state index contributed by atoms with van der Waals surface area (Å²) in [5, 5.41) is 0. The predicted octanol–water partition coefficient (Wildman–Crippen LogP) is 3.87. The van der Waals surface area contributed by atoms with Crippen molar-refractivity contribution in [2.45, 2.75) is 25.9 Å². The molecule has 0 bridgehead atoms. The molecule has 0 fully saturated rings. The first-order valence-corrected chi connectivity index (χ1v) is 7.59. The van der Waals surface area contributed by atoms with Crippen LogP contribution in [-0.2, 0) is 6.54 Å². The van der Waals surface area contributed by atoms with Crippen LogP contribution in [0.15, 0.2) is 45.3 Å². The first kappa shape index (κ1) is 15.3. The maximum Gasteiger partial charge on any atom is 0.118 e. The Bertz CT molecular complexity index is 553. The first-order chi connectivity index (χ1) is 9.54. The number of hydrogen-bond donors (Lipinski definition) is 1. The Kier molecular flexibility index (Phi) is 5.40. The molecule has 0 aliphatic heterocycles. The Labute approximate surface area is 128 Å². The lowest BCUT2D eigenvalue weighted by Gasteiger charge is -2.18. The van der Waals surface area contributed by atoms with Crippen molar-refractivity contribution in [1.82, 2.24) is 4.90 Å². The summed E-state index contributed by atoms with van der Waals surface area (Å²) < 4.78 is 6.66. The fourth-order valence-corrected chi connectivity index (χ4v) is 2.60. The van der Waals surface area contributed by atoms with Crippen LogP contribution < -0.4 is 5.73 Å². The normalized spacial score (nSPS) is 12.8. The van der Waals surface area contributed by atoms with Gasteiger partial charge >= 0.3 is 0 Å². The number of furan rings is 1. The molecule has 2 N–H and O–H groups in total. The van der Waals surface area contributed by atoms with Crippen molar-refractivity contribution in [1.29, 1.82) is 0 Å². The molecule has 3 nitrogen and oxygen atoms in total. The van der Waals surface area contributed by atoms with Crippen LogP contribution in [0.25, 0.3) is 0 Å². The van der Waals surface area contributed by atoms with Gasteiger partial charge in [0.2, 0.25) is 0 Å². The van der Waals surface area contributed by atoms with Gasteiger partial charge in [-0.3, -0.25) is 4.90 Å². The van der Waals surface area contributed by atoms with Gasteiger partial charge in [-0.1, -0.05) is 28.1 Å². The predicted molar refractivity (Wildman–Crippen MR) is 85.5 cm³/mol. The van der Waals surface area contributed by atoms with Crippen LogP contribution in [-0.4, -0.2) is 18.5 Å². The third kappa shape index (κ3) is 4.47. The average Bonchev–Trinajstić information content (AvgIpc) is 2.81. The van der Waals surface area contributed by atoms with E-state index in [1.807, 2.05) is 31.2 Å². The molecule has 0 saturated carbocycles. The van der Waals surface area contributed by atoms with Gasteiger partial charge in [0, 0.05) is 17.1 Å². The summed E-state index contributed by atoms with van der Waals surface area (Å²) in [7, 11) is 2.09. The summed E-state index contributed by atoms with van der Waals surface area (Å²) in [4.78, 5) is 2.23. The number of hydrogen-bond acceptors (Lipinski definition) is 3. The average molecular weight is 337 g/mol. The number of halogens is 1. The van der Waals surface area contributed by atoms with Crippen LogP contribution in [0, 0.1) is 6.92 Å². The molecule has 0 radical (unpaired) electrons. The van der Waals surface area contributed by atoms with Gasteiger partial charge in [0.15, 0.2) is 0 Å². The fourth-order valence-electron chi connectivity index (χ4n) is 2.18. The van der Waals surface area contributed by atoms with Crippen LogP contribution in [0.2, 0.25) is 0 Å². The van der Waals surface area contributed by atoms with Crippen molar-refractivity contribution in [3.05, 3.63) is 58.0 Å². The van der Waals surface area contributed by atoms with E-state index in [0.29, 0.717) is 0 Å². The number of nitrogens with two attached hydrogens (primary N) is 1. The molecule has 108 valence electrons. The summed E-state index contributed by atoms with van der Waals surface area (Å²) in [6, 6.07) is 12.3. The topological polar surface area (TPSA) is 42.4 Å². The lowest BCUT2D eigenvalue weighted by atomic mass is 10.0.